The molecule has 0 spiro atoms. The molecule has 2 heterocycles. The summed E-state index contributed by atoms with van der Waals surface area (Å²) in [6.07, 6.45) is 3.59. The molecular weight excluding hydrogens is 252 g/mol. The highest BCUT2D eigenvalue weighted by molar-refractivity contribution is 8.13. The molecule has 18 heavy (non-hydrogen) atoms. The molecule has 96 valence electrons. The van der Waals surface area contributed by atoms with Crippen LogP contribution in [0.2, 0.25) is 0 Å². The van der Waals surface area contributed by atoms with Crippen LogP contribution in [0.4, 0.5) is 10.6 Å². The molecule has 1 aromatic heterocycles. The van der Waals surface area contributed by atoms with Gasteiger partial charge in [-0.3, -0.25) is 19.5 Å². The van der Waals surface area contributed by atoms with E-state index in [9.17, 15) is 9.59 Å². The maximum atomic E-state index is 11.6. The van der Waals surface area contributed by atoms with Gasteiger partial charge in [0, 0.05) is 18.7 Å². The van der Waals surface area contributed by atoms with Gasteiger partial charge >= 0.3 is 0 Å². The maximum Gasteiger partial charge on any atom is 0.288 e. The second-order valence-corrected chi connectivity index (χ2v) is 4.81. The number of nitrogens with zero attached hydrogens (tertiary/aromatic N) is 3. The van der Waals surface area contributed by atoms with Crippen molar-refractivity contribution in [3.05, 3.63) is 18.1 Å². The fraction of sp³-hybridized carbons (Fsp3) is 0.455. The van der Waals surface area contributed by atoms with Gasteiger partial charge < -0.3 is 5.32 Å². The summed E-state index contributed by atoms with van der Waals surface area (Å²) in [5.74, 6) is 1.11. The minimum absolute atomic E-state index is 0.142. The molecular formula is C11H14N4O2S. The van der Waals surface area contributed by atoms with E-state index in [4.69, 9.17) is 0 Å². The van der Waals surface area contributed by atoms with Crippen LogP contribution >= 0.6 is 11.8 Å². The van der Waals surface area contributed by atoms with Crippen LogP contribution in [0.25, 0.3) is 0 Å². The lowest BCUT2D eigenvalue weighted by Gasteiger charge is -2.23. The van der Waals surface area contributed by atoms with Gasteiger partial charge in [-0.05, 0) is 6.92 Å². The number of carbonyl (C=O) groups excluding carboxylic acids is 2. The van der Waals surface area contributed by atoms with E-state index in [2.05, 4.69) is 15.3 Å². The third-order valence-electron chi connectivity index (χ3n) is 2.45. The maximum absolute atomic E-state index is 11.6. The van der Waals surface area contributed by atoms with Crippen molar-refractivity contribution in [2.75, 3.05) is 17.6 Å². The van der Waals surface area contributed by atoms with E-state index in [1.807, 2.05) is 6.92 Å². The SMILES string of the molecule is CCNc1cnc(CN2C(=O)CCSC2=O)cn1. The van der Waals surface area contributed by atoms with Gasteiger partial charge in [0.25, 0.3) is 5.24 Å². The topological polar surface area (TPSA) is 75.2 Å². The van der Waals surface area contributed by atoms with Crippen molar-refractivity contribution in [1.29, 1.82) is 0 Å². The Kier molecular flexibility index (Phi) is 4.14. The minimum atomic E-state index is -0.205. The van der Waals surface area contributed by atoms with Crippen LogP contribution in [0, 0.1) is 0 Å². The summed E-state index contributed by atoms with van der Waals surface area (Å²) in [5, 5.41) is 2.83. The molecule has 1 aliphatic rings. The molecule has 0 saturated carbocycles. The van der Waals surface area contributed by atoms with Crippen LogP contribution in [0.15, 0.2) is 12.4 Å². The molecule has 1 N–H and O–H groups in total. The molecule has 1 aromatic rings. The van der Waals surface area contributed by atoms with Crippen molar-refractivity contribution in [3.63, 3.8) is 0 Å². The van der Waals surface area contributed by atoms with Crippen LogP contribution in [-0.4, -0.2) is 38.3 Å². The molecule has 2 amide bonds. The Balaban J connectivity index is 2.03. The second-order valence-electron chi connectivity index (χ2n) is 3.77. The Morgan fingerprint density at radius 3 is 2.83 bits per heavy atom. The summed E-state index contributed by atoms with van der Waals surface area (Å²) in [6, 6.07) is 0. The van der Waals surface area contributed by atoms with Gasteiger partial charge in [0.15, 0.2) is 0 Å². The molecule has 2 rings (SSSR count). The molecule has 0 aromatic carbocycles. The van der Waals surface area contributed by atoms with Crippen LogP contribution in [-0.2, 0) is 11.3 Å². The smallest absolute Gasteiger partial charge is 0.288 e. The second kappa shape index (κ2) is 5.81. The summed E-state index contributed by atoms with van der Waals surface area (Å²) in [7, 11) is 0. The number of imide groups is 1. The Labute approximate surface area is 109 Å². The van der Waals surface area contributed by atoms with E-state index in [1.54, 1.807) is 12.4 Å². The summed E-state index contributed by atoms with van der Waals surface area (Å²) >= 11 is 1.17. The largest absolute Gasteiger partial charge is 0.369 e. The quantitative estimate of drug-likeness (QED) is 0.890. The number of carbonyl (C=O) groups is 2. The molecule has 0 aliphatic carbocycles. The van der Waals surface area contributed by atoms with Crippen molar-refractivity contribution < 1.29 is 9.59 Å². The lowest BCUT2D eigenvalue weighted by Crippen LogP contribution is -2.37. The lowest BCUT2D eigenvalue weighted by atomic mass is 10.3. The first-order chi connectivity index (χ1) is 8.70. The highest BCUT2D eigenvalue weighted by Crippen LogP contribution is 2.20. The Morgan fingerprint density at radius 2 is 2.22 bits per heavy atom. The van der Waals surface area contributed by atoms with Crippen molar-refractivity contribution >= 4 is 28.7 Å². The highest BCUT2D eigenvalue weighted by Gasteiger charge is 2.26. The van der Waals surface area contributed by atoms with E-state index in [-0.39, 0.29) is 17.7 Å². The lowest BCUT2D eigenvalue weighted by molar-refractivity contribution is -0.128. The number of aromatic nitrogens is 2. The molecule has 7 heteroatoms. The average Bonchev–Trinajstić information content (AvgIpc) is 2.36. The number of hydrogen-bond donors (Lipinski definition) is 1. The molecule has 1 aliphatic heterocycles. The molecule has 0 radical (unpaired) electrons. The van der Waals surface area contributed by atoms with E-state index in [0.29, 0.717) is 23.7 Å². The molecule has 0 atom stereocenters. The van der Waals surface area contributed by atoms with Crippen LogP contribution in [0.1, 0.15) is 19.0 Å². The average molecular weight is 266 g/mol. The third kappa shape index (κ3) is 2.98. The first kappa shape index (κ1) is 12.8. The third-order valence-corrected chi connectivity index (χ3v) is 3.32. The van der Waals surface area contributed by atoms with Gasteiger partial charge in [-0.1, -0.05) is 11.8 Å². The fourth-order valence-electron chi connectivity index (χ4n) is 1.56. The van der Waals surface area contributed by atoms with Crippen molar-refractivity contribution in [1.82, 2.24) is 14.9 Å². The van der Waals surface area contributed by atoms with E-state index < -0.39 is 0 Å². The number of nitrogens with one attached hydrogen (secondary N) is 1. The molecule has 0 unspecified atom stereocenters. The molecule has 1 fully saturated rings. The molecule has 6 nitrogen and oxygen atoms in total. The Hall–Kier alpha value is -1.63. The van der Waals surface area contributed by atoms with Crippen molar-refractivity contribution in [3.8, 4) is 0 Å². The zero-order valence-corrected chi connectivity index (χ0v) is 10.9. The van der Waals surface area contributed by atoms with Gasteiger partial charge in [0.05, 0.1) is 24.6 Å². The van der Waals surface area contributed by atoms with Gasteiger partial charge in [0.1, 0.15) is 5.82 Å². The summed E-state index contributed by atoms with van der Waals surface area (Å²) < 4.78 is 0. The van der Waals surface area contributed by atoms with Gasteiger partial charge in [-0.15, -0.1) is 0 Å². The zero-order chi connectivity index (χ0) is 13.0. The number of hydrogen-bond acceptors (Lipinski definition) is 6. The first-order valence-electron chi connectivity index (χ1n) is 5.72. The first-order valence-corrected chi connectivity index (χ1v) is 6.71. The van der Waals surface area contributed by atoms with E-state index in [1.165, 1.54) is 16.7 Å². The predicted molar refractivity (Wildman–Crippen MR) is 69.2 cm³/mol. The number of amides is 2. The molecule has 1 saturated heterocycles. The normalized spacial score (nSPS) is 15.9. The fourth-order valence-corrected chi connectivity index (χ4v) is 2.34. The predicted octanol–water partition coefficient (Wildman–Crippen LogP) is 1.49. The van der Waals surface area contributed by atoms with Gasteiger partial charge in [-0.25, -0.2) is 4.98 Å². The summed E-state index contributed by atoms with van der Waals surface area (Å²) in [6.45, 7) is 2.94. The summed E-state index contributed by atoms with van der Waals surface area (Å²) in [4.78, 5) is 32.8. The number of anilines is 1. The molecule has 0 bridgehead atoms. The van der Waals surface area contributed by atoms with Crippen LogP contribution in [0.5, 0.6) is 0 Å². The van der Waals surface area contributed by atoms with E-state index >= 15 is 0 Å². The Bertz CT molecular complexity index is 433. The van der Waals surface area contributed by atoms with Gasteiger partial charge in [0.2, 0.25) is 5.91 Å². The van der Waals surface area contributed by atoms with Crippen molar-refractivity contribution in [2.24, 2.45) is 0 Å². The number of rotatable bonds is 4. The Morgan fingerprint density at radius 1 is 1.39 bits per heavy atom. The van der Waals surface area contributed by atoms with E-state index in [0.717, 1.165) is 6.54 Å². The van der Waals surface area contributed by atoms with Gasteiger partial charge in [-0.2, -0.15) is 0 Å². The minimum Gasteiger partial charge on any atom is -0.369 e. The standard InChI is InChI=1S/C11H14N4O2S/c1-2-12-9-6-13-8(5-14-9)7-15-10(16)3-4-18-11(15)17/h5-6H,2-4,7H2,1H3,(H,12,14). The monoisotopic (exact) mass is 266 g/mol. The highest BCUT2D eigenvalue weighted by atomic mass is 32.2. The van der Waals surface area contributed by atoms with Crippen LogP contribution in [0.3, 0.4) is 0 Å². The zero-order valence-electron chi connectivity index (χ0n) is 10.0. The summed E-state index contributed by atoms with van der Waals surface area (Å²) in [5.41, 5.74) is 0.612. The van der Waals surface area contributed by atoms with Crippen molar-refractivity contribution in [2.45, 2.75) is 19.9 Å². The van der Waals surface area contributed by atoms with Crippen LogP contribution < -0.4 is 5.32 Å². The number of thioether (sulfide) groups is 1.